The maximum atomic E-state index is 8.40. The van der Waals surface area contributed by atoms with Gasteiger partial charge in [-0.3, -0.25) is 9.88 Å². The van der Waals surface area contributed by atoms with Crippen LogP contribution in [0, 0.1) is 0 Å². The van der Waals surface area contributed by atoms with E-state index in [2.05, 4.69) is 4.98 Å². The van der Waals surface area contributed by atoms with E-state index in [4.69, 9.17) is 15.0 Å². The SMILES string of the molecule is [2H]C1([2H])c2ccncc2C([2H])([2H])N1Cc1ccc(OC)cc1OC. The van der Waals surface area contributed by atoms with E-state index in [1.807, 2.05) is 0 Å². The number of pyridine rings is 1. The molecule has 0 bridgehead atoms. The smallest absolute Gasteiger partial charge is 0.127 e. The van der Waals surface area contributed by atoms with Crippen LogP contribution in [0.15, 0.2) is 36.7 Å². The molecule has 0 atom stereocenters. The van der Waals surface area contributed by atoms with Crippen LogP contribution in [0.2, 0.25) is 0 Å². The topological polar surface area (TPSA) is 34.6 Å². The second-order valence-electron chi connectivity index (χ2n) is 4.41. The second kappa shape index (κ2) is 5.51. The average Bonchev–Trinajstić information content (AvgIpc) is 2.73. The molecule has 2 heterocycles. The Hall–Kier alpha value is -2.07. The minimum absolute atomic E-state index is 0.0435. The third-order valence-electron chi connectivity index (χ3n) is 3.15. The molecule has 0 saturated carbocycles. The second-order valence-corrected chi connectivity index (χ2v) is 4.41. The Labute approximate surface area is 124 Å². The van der Waals surface area contributed by atoms with E-state index in [0.29, 0.717) is 22.6 Å². The highest BCUT2D eigenvalue weighted by atomic mass is 16.5. The predicted molar refractivity (Wildman–Crippen MR) is 76.7 cm³/mol. The lowest BCUT2D eigenvalue weighted by molar-refractivity contribution is 0.269. The molecule has 4 heteroatoms. The summed E-state index contributed by atoms with van der Waals surface area (Å²) in [5.41, 5.74) is 1.23. The van der Waals surface area contributed by atoms with Gasteiger partial charge in [0.25, 0.3) is 0 Å². The summed E-state index contributed by atoms with van der Waals surface area (Å²) >= 11 is 0. The van der Waals surface area contributed by atoms with Crippen LogP contribution in [0.1, 0.15) is 22.2 Å². The summed E-state index contributed by atoms with van der Waals surface area (Å²) in [4.78, 5) is 5.12. The van der Waals surface area contributed by atoms with Crippen LogP contribution in [0.4, 0.5) is 0 Å². The molecule has 1 aromatic heterocycles. The number of aromatic nitrogens is 1. The van der Waals surface area contributed by atoms with Crippen molar-refractivity contribution in [2.45, 2.75) is 19.5 Å². The first kappa shape index (κ1) is 8.97. The molecule has 20 heavy (non-hydrogen) atoms. The van der Waals surface area contributed by atoms with E-state index in [0.717, 1.165) is 0 Å². The van der Waals surface area contributed by atoms with Crippen molar-refractivity contribution in [3.8, 4) is 11.5 Å². The van der Waals surface area contributed by atoms with Crippen molar-refractivity contribution in [3.05, 3.63) is 53.3 Å². The Morgan fingerprint density at radius 1 is 1.20 bits per heavy atom. The lowest BCUT2D eigenvalue weighted by Gasteiger charge is -2.17. The fourth-order valence-electron chi connectivity index (χ4n) is 2.13. The maximum absolute atomic E-state index is 8.40. The molecule has 0 spiro atoms. The summed E-state index contributed by atoms with van der Waals surface area (Å²) in [5, 5.41) is 0. The van der Waals surface area contributed by atoms with Gasteiger partial charge in [0.2, 0.25) is 0 Å². The van der Waals surface area contributed by atoms with E-state index in [1.165, 1.54) is 30.5 Å². The first-order valence-corrected chi connectivity index (χ1v) is 6.26. The van der Waals surface area contributed by atoms with Crippen LogP contribution in [-0.4, -0.2) is 24.1 Å². The van der Waals surface area contributed by atoms with Gasteiger partial charge in [0.15, 0.2) is 0 Å². The van der Waals surface area contributed by atoms with Crippen molar-refractivity contribution in [3.63, 3.8) is 0 Å². The lowest BCUT2D eigenvalue weighted by Crippen LogP contribution is -2.16. The quantitative estimate of drug-likeness (QED) is 0.858. The summed E-state index contributed by atoms with van der Waals surface area (Å²) in [7, 11) is 3.07. The molecular weight excluding hydrogens is 252 g/mol. The fourth-order valence-corrected chi connectivity index (χ4v) is 2.13. The van der Waals surface area contributed by atoms with Crippen LogP contribution in [0.5, 0.6) is 11.5 Å². The summed E-state index contributed by atoms with van der Waals surface area (Å²) in [5.74, 6) is 1.14. The normalized spacial score (nSPS) is 22.1. The highest BCUT2D eigenvalue weighted by Crippen LogP contribution is 2.29. The summed E-state index contributed by atoms with van der Waals surface area (Å²) in [6.45, 7) is -3.88. The van der Waals surface area contributed by atoms with Gasteiger partial charge < -0.3 is 9.47 Å². The zero-order valence-electron chi connectivity index (χ0n) is 15.4. The molecule has 3 rings (SSSR count). The maximum Gasteiger partial charge on any atom is 0.127 e. The molecule has 0 unspecified atom stereocenters. The predicted octanol–water partition coefficient (Wildman–Crippen LogP) is 2.61. The number of rotatable bonds is 4. The minimum atomic E-state index is -1.97. The van der Waals surface area contributed by atoms with Crippen molar-refractivity contribution in [1.82, 2.24) is 9.88 Å². The van der Waals surface area contributed by atoms with Gasteiger partial charge in [-0.05, 0) is 23.3 Å². The molecule has 1 aliphatic heterocycles. The zero-order chi connectivity index (χ0) is 17.5. The molecule has 0 saturated heterocycles. The van der Waals surface area contributed by atoms with Gasteiger partial charge in [0.1, 0.15) is 11.5 Å². The number of benzene rings is 1. The standard InChI is InChI=1S/C16H18N2O2/c1-19-15-4-3-13(16(7-15)20-2)10-18-9-12-5-6-17-8-14(12)11-18/h3-8H,9-11H2,1-2H3/i9D2,11D2. The first-order valence-electron chi connectivity index (χ1n) is 8.26. The molecule has 0 aliphatic carbocycles. The zero-order valence-corrected chi connectivity index (χ0v) is 11.4. The molecular formula is C16H18N2O2. The monoisotopic (exact) mass is 274 g/mol. The van der Waals surface area contributed by atoms with Crippen molar-refractivity contribution in [1.29, 1.82) is 0 Å². The Kier molecular flexibility index (Phi) is 2.47. The van der Waals surface area contributed by atoms with Crippen molar-refractivity contribution in [2.24, 2.45) is 0 Å². The Morgan fingerprint density at radius 2 is 2.05 bits per heavy atom. The number of ether oxygens (including phenoxy) is 2. The number of hydrogen-bond donors (Lipinski definition) is 0. The fraction of sp³-hybridized carbons (Fsp3) is 0.312. The summed E-state index contributed by atoms with van der Waals surface area (Å²) in [6.07, 6.45) is 2.86. The third kappa shape index (κ3) is 2.47. The van der Waals surface area contributed by atoms with E-state index >= 15 is 0 Å². The van der Waals surface area contributed by atoms with Gasteiger partial charge in [-0.25, -0.2) is 0 Å². The molecule has 0 radical (unpaired) electrons. The van der Waals surface area contributed by atoms with Gasteiger partial charge in [-0.2, -0.15) is 0 Å². The molecule has 104 valence electrons. The first-order chi connectivity index (χ1) is 11.3. The van der Waals surface area contributed by atoms with Crippen LogP contribution in [0.3, 0.4) is 0 Å². The van der Waals surface area contributed by atoms with E-state index in [9.17, 15) is 0 Å². The van der Waals surface area contributed by atoms with Crippen molar-refractivity contribution < 1.29 is 15.0 Å². The molecule has 0 fully saturated rings. The van der Waals surface area contributed by atoms with Crippen LogP contribution in [0.25, 0.3) is 0 Å². The molecule has 0 amide bonds. The van der Waals surface area contributed by atoms with Gasteiger partial charge in [-0.15, -0.1) is 0 Å². The highest BCUT2D eigenvalue weighted by molar-refractivity contribution is 5.41. The minimum Gasteiger partial charge on any atom is -0.497 e. The largest absolute Gasteiger partial charge is 0.497 e. The van der Waals surface area contributed by atoms with Gasteiger partial charge in [0, 0.05) is 49.0 Å². The number of hydrogen-bond acceptors (Lipinski definition) is 4. The summed E-state index contributed by atoms with van der Waals surface area (Å²) in [6, 6.07) is 6.72. The Morgan fingerprint density at radius 3 is 2.80 bits per heavy atom. The average molecular weight is 274 g/mol. The highest BCUT2D eigenvalue weighted by Gasteiger charge is 2.20. The van der Waals surface area contributed by atoms with Crippen molar-refractivity contribution in [2.75, 3.05) is 14.2 Å². The van der Waals surface area contributed by atoms with Crippen LogP contribution in [-0.2, 0) is 19.5 Å². The molecule has 1 aliphatic rings. The van der Waals surface area contributed by atoms with Crippen molar-refractivity contribution >= 4 is 0 Å². The molecule has 2 aromatic rings. The van der Waals surface area contributed by atoms with E-state index in [1.54, 1.807) is 25.3 Å². The number of fused-ring (bicyclic) bond motifs is 1. The lowest BCUT2D eigenvalue weighted by atomic mass is 10.2. The van der Waals surface area contributed by atoms with Gasteiger partial charge in [-0.1, -0.05) is 6.07 Å². The molecule has 1 aromatic carbocycles. The molecule has 0 N–H and O–H groups in total. The van der Waals surface area contributed by atoms with Gasteiger partial charge in [0.05, 0.1) is 14.2 Å². The number of methoxy groups -OCH3 is 2. The Bertz CT molecular complexity index is 732. The van der Waals surface area contributed by atoms with E-state index < -0.39 is 13.0 Å². The molecule has 4 nitrogen and oxygen atoms in total. The Balaban J connectivity index is 2.02. The third-order valence-corrected chi connectivity index (χ3v) is 3.15. The van der Waals surface area contributed by atoms with E-state index in [-0.39, 0.29) is 12.1 Å². The summed E-state index contributed by atoms with van der Waals surface area (Å²) < 4.78 is 44.1. The van der Waals surface area contributed by atoms with Gasteiger partial charge >= 0.3 is 0 Å². The van der Waals surface area contributed by atoms with Crippen LogP contribution >= 0.6 is 0 Å². The number of nitrogens with zero attached hydrogens (tertiary/aromatic N) is 2. The van der Waals surface area contributed by atoms with Crippen LogP contribution < -0.4 is 9.47 Å².